The Kier molecular flexibility index (Phi) is 10.1. The van der Waals surface area contributed by atoms with Crippen LogP contribution in [0.5, 0.6) is 0 Å². The van der Waals surface area contributed by atoms with Crippen LogP contribution in [0.4, 0.5) is 0 Å². The van der Waals surface area contributed by atoms with Crippen molar-refractivity contribution in [3.05, 3.63) is 0 Å². The van der Waals surface area contributed by atoms with E-state index in [9.17, 15) is 4.57 Å². The van der Waals surface area contributed by atoms with Crippen LogP contribution in [0.25, 0.3) is 0 Å². The lowest BCUT2D eigenvalue weighted by Gasteiger charge is -2.29. The van der Waals surface area contributed by atoms with Crippen molar-refractivity contribution in [2.75, 3.05) is 26.3 Å². The van der Waals surface area contributed by atoms with Gasteiger partial charge < -0.3 is 0 Å². The molecule has 0 aliphatic rings. The van der Waals surface area contributed by atoms with E-state index in [1.807, 2.05) is 18.5 Å². The molecule has 0 aliphatic carbocycles. The Labute approximate surface area is 106 Å². The van der Waals surface area contributed by atoms with Crippen molar-refractivity contribution in [1.29, 1.82) is 0 Å². The number of nitrogens with zero attached hydrogens (tertiary/aromatic N) is 1. The van der Waals surface area contributed by atoms with Crippen molar-refractivity contribution in [2.45, 2.75) is 53.4 Å². The fourth-order valence-electron chi connectivity index (χ4n) is 1.56. The van der Waals surface area contributed by atoms with Gasteiger partial charge in [-0.1, -0.05) is 26.7 Å². The van der Waals surface area contributed by atoms with Gasteiger partial charge in [0.25, 0.3) is 0 Å². The van der Waals surface area contributed by atoms with Gasteiger partial charge in [-0.2, -0.15) is 0 Å². The maximum atomic E-state index is 12.6. The quantitative estimate of drug-likeness (QED) is 0.528. The molecule has 17 heavy (non-hydrogen) atoms. The predicted molar refractivity (Wildman–Crippen MR) is 72.2 cm³/mol. The fourth-order valence-corrected chi connectivity index (χ4v) is 3.39. The maximum Gasteiger partial charge on any atom is 0.408 e. The number of hydrogen-bond donors (Lipinski definition) is 0. The topological polar surface area (TPSA) is 38.8 Å². The summed E-state index contributed by atoms with van der Waals surface area (Å²) in [6.45, 7) is 10.4. The summed E-state index contributed by atoms with van der Waals surface area (Å²) in [7, 11) is -3.06. The van der Waals surface area contributed by atoms with E-state index in [0.717, 1.165) is 38.8 Å². The summed E-state index contributed by atoms with van der Waals surface area (Å²) < 4.78 is 25.3. The first kappa shape index (κ1) is 17.1. The Morgan fingerprint density at radius 1 is 0.882 bits per heavy atom. The molecule has 0 saturated carbocycles. The lowest BCUT2D eigenvalue weighted by Crippen LogP contribution is -2.25. The molecule has 0 amide bonds. The molecule has 0 N–H and O–H groups in total. The lowest BCUT2D eigenvalue weighted by atomic mass is 10.3. The molecule has 0 atom stereocenters. The molecule has 4 nitrogen and oxygen atoms in total. The van der Waals surface area contributed by atoms with E-state index in [4.69, 9.17) is 9.05 Å². The van der Waals surface area contributed by atoms with Crippen LogP contribution in [0.3, 0.4) is 0 Å². The third-order valence-corrected chi connectivity index (χ3v) is 4.73. The van der Waals surface area contributed by atoms with Gasteiger partial charge in [0.15, 0.2) is 0 Å². The summed E-state index contributed by atoms with van der Waals surface area (Å²) >= 11 is 0. The van der Waals surface area contributed by atoms with Crippen molar-refractivity contribution >= 4 is 7.75 Å². The summed E-state index contributed by atoms with van der Waals surface area (Å²) in [5.74, 6) is 0. The van der Waals surface area contributed by atoms with Crippen LogP contribution >= 0.6 is 7.75 Å². The molecule has 104 valence electrons. The maximum absolute atomic E-state index is 12.6. The molecule has 0 radical (unpaired) electrons. The van der Waals surface area contributed by atoms with E-state index in [-0.39, 0.29) is 0 Å². The van der Waals surface area contributed by atoms with Gasteiger partial charge in [0.2, 0.25) is 0 Å². The van der Waals surface area contributed by atoms with E-state index in [1.54, 1.807) is 0 Å². The Morgan fingerprint density at radius 3 is 1.59 bits per heavy atom. The van der Waals surface area contributed by atoms with Crippen LogP contribution in [0, 0.1) is 0 Å². The SMILES string of the molecule is CCCCN(CCCC)P(=O)(OCC)OCC. The van der Waals surface area contributed by atoms with Gasteiger partial charge in [-0.05, 0) is 26.7 Å². The van der Waals surface area contributed by atoms with Gasteiger partial charge in [-0.3, -0.25) is 9.05 Å². The van der Waals surface area contributed by atoms with E-state index in [2.05, 4.69) is 13.8 Å². The highest BCUT2D eigenvalue weighted by atomic mass is 31.2. The van der Waals surface area contributed by atoms with Crippen molar-refractivity contribution in [3.63, 3.8) is 0 Å². The fraction of sp³-hybridized carbons (Fsp3) is 1.00. The Balaban J connectivity index is 4.59. The molecule has 0 spiro atoms. The molecular formula is C12H28NO3P. The molecular weight excluding hydrogens is 237 g/mol. The summed E-state index contributed by atoms with van der Waals surface area (Å²) in [4.78, 5) is 0. The van der Waals surface area contributed by atoms with Crippen molar-refractivity contribution in [3.8, 4) is 0 Å². The average molecular weight is 265 g/mol. The summed E-state index contributed by atoms with van der Waals surface area (Å²) in [6.07, 6.45) is 4.21. The molecule has 5 heteroatoms. The second kappa shape index (κ2) is 10.1. The minimum absolute atomic E-state index is 0.423. The van der Waals surface area contributed by atoms with Gasteiger partial charge in [0.05, 0.1) is 13.2 Å². The summed E-state index contributed by atoms with van der Waals surface area (Å²) in [5, 5.41) is 0. The highest BCUT2D eigenvalue weighted by Crippen LogP contribution is 2.52. The second-order valence-corrected chi connectivity index (χ2v) is 5.98. The zero-order valence-electron chi connectivity index (χ0n) is 11.8. The zero-order valence-corrected chi connectivity index (χ0v) is 12.7. The first-order chi connectivity index (χ1) is 8.14. The van der Waals surface area contributed by atoms with E-state index >= 15 is 0 Å². The van der Waals surface area contributed by atoms with Crippen LogP contribution < -0.4 is 0 Å². The Morgan fingerprint density at radius 2 is 1.29 bits per heavy atom. The van der Waals surface area contributed by atoms with Crippen molar-refractivity contribution in [2.24, 2.45) is 0 Å². The lowest BCUT2D eigenvalue weighted by molar-refractivity contribution is 0.165. The highest BCUT2D eigenvalue weighted by Gasteiger charge is 2.31. The van der Waals surface area contributed by atoms with E-state index in [1.165, 1.54) is 0 Å². The molecule has 0 fully saturated rings. The molecule has 0 heterocycles. The molecule has 0 bridgehead atoms. The van der Waals surface area contributed by atoms with Crippen LogP contribution in [-0.4, -0.2) is 31.0 Å². The van der Waals surface area contributed by atoms with Gasteiger partial charge in [0.1, 0.15) is 0 Å². The predicted octanol–water partition coefficient (Wildman–Crippen LogP) is 4.07. The smallest absolute Gasteiger partial charge is 0.297 e. The first-order valence-corrected chi connectivity index (χ1v) is 8.28. The molecule has 0 aromatic carbocycles. The molecule has 0 aromatic rings. The van der Waals surface area contributed by atoms with E-state index < -0.39 is 7.75 Å². The second-order valence-electron chi connectivity index (χ2n) is 3.96. The summed E-state index contributed by atoms with van der Waals surface area (Å²) in [6, 6.07) is 0. The van der Waals surface area contributed by atoms with Gasteiger partial charge in [-0.15, -0.1) is 0 Å². The van der Waals surface area contributed by atoms with Crippen LogP contribution in [-0.2, 0) is 13.6 Å². The van der Waals surface area contributed by atoms with Crippen LogP contribution in [0.2, 0.25) is 0 Å². The average Bonchev–Trinajstić information content (AvgIpc) is 2.29. The third-order valence-electron chi connectivity index (χ3n) is 2.47. The van der Waals surface area contributed by atoms with Gasteiger partial charge in [0, 0.05) is 13.1 Å². The summed E-state index contributed by atoms with van der Waals surface area (Å²) in [5.41, 5.74) is 0. The molecule has 0 unspecified atom stereocenters. The Bertz CT molecular complexity index is 206. The van der Waals surface area contributed by atoms with Gasteiger partial charge >= 0.3 is 7.75 Å². The normalized spacial score (nSPS) is 12.3. The minimum Gasteiger partial charge on any atom is -0.297 e. The number of rotatable bonds is 11. The largest absolute Gasteiger partial charge is 0.408 e. The molecule has 0 saturated heterocycles. The standard InChI is InChI=1S/C12H28NO3P/c1-5-9-11-13(12-10-6-2)17(14,15-7-3)16-8-4/h5-12H2,1-4H3. The molecule has 0 rings (SSSR count). The van der Waals surface area contributed by atoms with Crippen LogP contribution in [0.15, 0.2) is 0 Å². The van der Waals surface area contributed by atoms with E-state index in [0.29, 0.717) is 13.2 Å². The molecule has 0 aromatic heterocycles. The third kappa shape index (κ3) is 6.56. The monoisotopic (exact) mass is 265 g/mol. The first-order valence-electron chi connectivity index (χ1n) is 6.79. The molecule has 0 aliphatic heterocycles. The van der Waals surface area contributed by atoms with Crippen molar-refractivity contribution < 1.29 is 13.6 Å². The minimum atomic E-state index is -3.06. The zero-order chi connectivity index (χ0) is 13.1. The van der Waals surface area contributed by atoms with Crippen molar-refractivity contribution in [1.82, 2.24) is 4.67 Å². The highest BCUT2D eigenvalue weighted by molar-refractivity contribution is 7.51. The van der Waals surface area contributed by atoms with Crippen LogP contribution in [0.1, 0.15) is 53.4 Å². The van der Waals surface area contributed by atoms with Gasteiger partial charge in [-0.25, -0.2) is 9.24 Å². The Hall–Kier alpha value is 0.110. The number of hydrogen-bond acceptors (Lipinski definition) is 3. The number of unbranched alkanes of at least 4 members (excludes halogenated alkanes) is 2.